The fraction of sp³-hybridized carbons (Fsp3) is 0.514. The zero-order valence-corrected chi connectivity index (χ0v) is 28.6. The van der Waals surface area contributed by atoms with E-state index < -0.39 is 65.5 Å². The van der Waals surface area contributed by atoms with Gasteiger partial charge in [0.1, 0.15) is 35.7 Å². The third-order valence-corrected chi connectivity index (χ3v) is 8.74. The van der Waals surface area contributed by atoms with Crippen LogP contribution in [0.4, 0.5) is 0 Å². The van der Waals surface area contributed by atoms with Crippen LogP contribution in [0.15, 0.2) is 34.7 Å². The molecule has 1 fully saturated rings. The van der Waals surface area contributed by atoms with E-state index in [0.717, 1.165) is 5.56 Å². The van der Waals surface area contributed by atoms with E-state index in [9.17, 15) is 33.6 Å². The van der Waals surface area contributed by atoms with E-state index in [1.54, 1.807) is 20.8 Å². The van der Waals surface area contributed by atoms with Crippen LogP contribution >= 0.6 is 0 Å². The molecule has 5 N–H and O–H groups in total. The topological polar surface area (TPSA) is 196 Å². The van der Waals surface area contributed by atoms with Crippen molar-refractivity contribution in [1.29, 1.82) is 0 Å². The highest BCUT2D eigenvalue weighted by molar-refractivity contribution is 6.10. The molecule has 6 amide bonds. The predicted molar refractivity (Wildman–Crippen MR) is 178 cm³/mol. The van der Waals surface area contributed by atoms with Gasteiger partial charge in [0.05, 0.1) is 17.7 Å². The lowest BCUT2D eigenvalue weighted by atomic mass is 9.93. The molecule has 4 atom stereocenters. The number of amides is 6. The molecule has 2 heterocycles. The van der Waals surface area contributed by atoms with E-state index in [2.05, 4.69) is 26.6 Å². The van der Waals surface area contributed by atoms with Crippen LogP contribution in [0.3, 0.4) is 0 Å². The normalized spacial score (nSPS) is 23.4. The molecule has 2 aliphatic rings. The Kier molecular flexibility index (Phi) is 12.3. The van der Waals surface area contributed by atoms with Gasteiger partial charge in [-0.25, -0.2) is 0 Å². The predicted octanol–water partition coefficient (Wildman–Crippen LogP) is 0.947. The number of fused-ring (bicyclic) bond motifs is 1. The van der Waals surface area contributed by atoms with Crippen LogP contribution in [-0.4, -0.2) is 90.4 Å². The third kappa shape index (κ3) is 9.33. The van der Waals surface area contributed by atoms with Crippen molar-refractivity contribution in [3.05, 3.63) is 58.5 Å². The van der Waals surface area contributed by atoms with Gasteiger partial charge >= 0.3 is 0 Å². The zero-order valence-electron chi connectivity index (χ0n) is 28.6. The molecule has 1 saturated heterocycles. The lowest BCUT2D eigenvalue weighted by molar-refractivity contribution is -0.139. The number of aryl methyl sites for hydroxylation is 2. The van der Waals surface area contributed by atoms with Crippen LogP contribution in [-0.2, 0) is 36.8 Å². The summed E-state index contributed by atoms with van der Waals surface area (Å²) in [5, 5.41) is 13.5. The van der Waals surface area contributed by atoms with Crippen molar-refractivity contribution < 1.29 is 38.0 Å². The number of ketones is 1. The minimum Gasteiger partial charge on any atom is -0.465 e. The molecule has 0 unspecified atom stereocenters. The Bertz CT molecular complexity index is 1590. The van der Waals surface area contributed by atoms with E-state index in [1.807, 2.05) is 30.3 Å². The number of nitrogens with zero attached hydrogens (tertiary/aromatic N) is 1. The van der Waals surface area contributed by atoms with E-state index in [4.69, 9.17) is 4.42 Å². The maximum Gasteiger partial charge on any atom is 0.256 e. The second-order valence-corrected chi connectivity index (χ2v) is 13.0. The first-order valence-corrected chi connectivity index (χ1v) is 16.7. The Morgan fingerprint density at radius 1 is 0.959 bits per heavy atom. The molecular formula is C35H46N6O8. The number of carbonyl (C=O) groups is 7. The van der Waals surface area contributed by atoms with Crippen molar-refractivity contribution in [3.8, 4) is 0 Å². The monoisotopic (exact) mass is 678 g/mol. The molecule has 0 radical (unpaired) electrons. The number of hydrogen-bond acceptors (Lipinski definition) is 8. The number of nitrogens with one attached hydrogen (secondary N) is 5. The third-order valence-electron chi connectivity index (χ3n) is 8.74. The van der Waals surface area contributed by atoms with Gasteiger partial charge in [0.15, 0.2) is 5.78 Å². The maximum absolute atomic E-state index is 13.7. The largest absolute Gasteiger partial charge is 0.465 e. The van der Waals surface area contributed by atoms with Crippen LogP contribution in [0, 0.1) is 12.8 Å². The first-order valence-electron chi connectivity index (χ1n) is 16.7. The van der Waals surface area contributed by atoms with Crippen molar-refractivity contribution in [1.82, 2.24) is 31.5 Å². The minimum absolute atomic E-state index is 0.0735. The number of Topliss-reactive ketones (excluding diaryl/α,β-unsaturated/α-hetero) is 1. The lowest BCUT2D eigenvalue weighted by Gasteiger charge is -2.28. The molecule has 0 spiro atoms. The molecule has 14 nitrogen and oxygen atoms in total. The molecule has 1 aliphatic carbocycles. The molecule has 0 saturated carbocycles. The summed E-state index contributed by atoms with van der Waals surface area (Å²) in [7, 11) is 1.46. The molecule has 1 aromatic heterocycles. The van der Waals surface area contributed by atoms with Gasteiger partial charge in [-0.05, 0) is 44.6 Å². The molecule has 1 aliphatic heterocycles. The summed E-state index contributed by atoms with van der Waals surface area (Å²) < 4.78 is 5.73. The summed E-state index contributed by atoms with van der Waals surface area (Å²) in [5.74, 6) is -3.42. The summed E-state index contributed by atoms with van der Waals surface area (Å²) in [4.78, 5) is 94.3. The van der Waals surface area contributed by atoms with Crippen LogP contribution in [0.25, 0.3) is 0 Å². The van der Waals surface area contributed by atoms with Gasteiger partial charge in [-0.15, -0.1) is 0 Å². The Morgan fingerprint density at radius 2 is 1.67 bits per heavy atom. The number of benzene rings is 1. The molecule has 14 heteroatoms. The Labute approximate surface area is 285 Å². The molecular weight excluding hydrogens is 632 g/mol. The van der Waals surface area contributed by atoms with E-state index in [-0.39, 0.29) is 61.4 Å². The van der Waals surface area contributed by atoms with Gasteiger partial charge in [-0.2, -0.15) is 0 Å². The van der Waals surface area contributed by atoms with Gasteiger partial charge in [0.2, 0.25) is 29.5 Å². The summed E-state index contributed by atoms with van der Waals surface area (Å²) in [6.07, 6.45) is 1.91. The van der Waals surface area contributed by atoms with E-state index in [0.29, 0.717) is 18.6 Å². The van der Waals surface area contributed by atoms with Gasteiger partial charge in [-0.1, -0.05) is 44.2 Å². The van der Waals surface area contributed by atoms with Crippen molar-refractivity contribution in [2.75, 3.05) is 20.1 Å². The van der Waals surface area contributed by atoms with Crippen molar-refractivity contribution in [2.45, 2.75) is 90.4 Å². The van der Waals surface area contributed by atoms with Crippen molar-refractivity contribution >= 4 is 41.2 Å². The van der Waals surface area contributed by atoms with Crippen LogP contribution in [0.5, 0.6) is 0 Å². The Morgan fingerprint density at radius 3 is 2.37 bits per heavy atom. The fourth-order valence-corrected chi connectivity index (χ4v) is 6.03. The highest BCUT2D eigenvalue weighted by Crippen LogP contribution is 2.29. The average Bonchev–Trinajstić information content (AvgIpc) is 3.40. The molecule has 264 valence electrons. The van der Waals surface area contributed by atoms with Crippen LogP contribution in [0.1, 0.15) is 84.3 Å². The van der Waals surface area contributed by atoms with Crippen molar-refractivity contribution in [2.24, 2.45) is 5.92 Å². The quantitative estimate of drug-likeness (QED) is 0.308. The standard InChI is InChI=1S/C35H46N6O8/c1-19(2)30-34(47)37-20(3)31(44)39-24(17-22-11-7-6-8-12-22)35(48)41(5)18-27(43)36-16-10-13-23(32(45)40-30)38-33(46)28-21(4)49-26-15-9-14-25(42)29(26)28/h6-8,11-12,19-20,23-24,30H,9-10,13-18H2,1-5H3,(H,36,43)(H,37,47)(H,38,46)(H,39,44)(H,40,45)/t20-,23+,24+,30-/m1/s1. The maximum atomic E-state index is 13.7. The van der Waals surface area contributed by atoms with Crippen LogP contribution < -0.4 is 26.6 Å². The Balaban J connectivity index is 1.57. The van der Waals surface area contributed by atoms with Gasteiger partial charge in [-0.3, -0.25) is 33.6 Å². The average molecular weight is 679 g/mol. The lowest BCUT2D eigenvalue weighted by Crippen LogP contribution is -2.59. The van der Waals surface area contributed by atoms with Crippen LogP contribution in [0.2, 0.25) is 0 Å². The second-order valence-electron chi connectivity index (χ2n) is 13.0. The minimum atomic E-state index is -1.15. The SMILES string of the molecule is Cc1oc2c(c1C(=O)N[C@H]1CCCNC(=O)CN(C)C(=O)[C@H](Cc3ccccc3)NC(=O)[C@@H](C)NC(=O)[C@@H](C(C)C)NC1=O)C(=O)CCC2. The number of likely N-dealkylation sites (N-methyl/N-ethyl adjacent to an activating group) is 1. The molecule has 4 rings (SSSR count). The second kappa shape index (κ2) is 16.4. The number of carbonyl (C=O) groups excluding carboxylic acids is 7. The number of hydrogen-bond donors (Lipinski definition) is 5. The van der Waals surface area contributed by atoms with E-state index >= 15 is 0 Å². The Hall–Kier alpha value is -5.01. The summed E-state index contributed by atoms with van der Waals surface area (Å²) in [5.41, 5.74) is 1.10. The first kappa shape index (κ1) is 36.8. The van der Waals surface area contributed by atoms with Crippen molar-refractivity contribution in [3.63, 3.8) is 0 Å². The van der Waals surface area contributed by atoms with Gasteiger partial charge in [0, 0.05) is 32.9 Å². The van der Waals surface area contributed by atoms with E-state index in [1.165, 1.54) is 18.9 Å². The smallest absolute Gasteiger partial charge is 0.256 e. The highest BCUT2D eigenvalue weighted by atomic mass is 16.3. The highest BCUT2D eigenvalue weighted by Gasteiger charge is 2.35. The summed E-state index contributed by atoms with van der Waals surface area (Å²) in [6.45, 7) is 6.33. The zero-order chi connectivity index (χ0) is 35.8. The summed E-state index contributed by atoms with van der Waals surface area (Å²) >= 11 is 0. The molecule has 49 heavy (non-hydrogen) atoms. The molecule has 2 aromatic rings. The van der Waals surface area contributed by atoms with Gasteiger partial charge in [0.25, 0.3) is 5.91 Å². The first-order chi connectivity index (χ1) is 23.3. The number of furan rings is 1. The molecule has 0 bridgehead atoms. The fourth-order valence-electron chi connectivity index (χ4n) is 6.03. The summed E-state index contributed by atoms with van der Waals surface area (Å²) in [6, 6.07) is 4.75. The number of rotatable bonds is 5. The molecule has 1 aromatic carbocycles. The van der Waals surface area contributed by atoms with Gasteiger partial charge < -0.3 is 35.9 Å².